The van der Waals surface area contributed by atoms with Crippen LogP contribution in [-0.2, 0) is 0 Å². The van der Waals surface area contributed by atoms with E-state index in [0.717, 1.165) is 11.3 Å². The van der Waals surface area contributed by atoms with Crippen molar-refractivity contribution in [3.63, 3.8) is 0 Å². The molecule has 3 rings (SSSR count). The molecular weight excluding hydrogens is 224 g/mol. The van der Waals surface area contributed by atoms with E-state index in [0.29, 0.717) is 12.1 Å². The molecule has 3 heteroatoms. The van der Waals surface area contributed by atoms with Crippen molar-refractivity contribution in [2.24, 2.45) is 0 Å². The van der Waals surface area contributed by atoms with Crippen LogP contribution in [0.3, 0.4) is 0 Å². The molecular formula is C15H20N2O. The quantitative estimate of drug-likeness (QED) is 0.798. The van der Waals surface area contributed by atoms with Crippen LogP contribution in [0.15, 0.2) is 24.3 Å². The van der Waals surface area contributed by atoms with Crippen molar-refractivity contribution in [1.82, 2.24) is 4.90 Å². The smallest absolute Gasteiger partial charge is 0.254 e. The van der Waals surface area contributed by atoms with Crippen molar-refractivity contribution in [3.05, 3.63) is 29.8 Å². The average Bonchev–Trinajstić information content (AvgIpc) is 2.98. The van der Waals surface area contributed by atoms with Crippen molar-refractivity contribution in [1.29, 1.82) is 0 Å². The fourth-order valence-electron chi connectivity index (χ4n) is 3.31. The summed E-state index contributed by atoms with van der Waals surface area (Å²) in [5.41, 5.74) is 1.92. The van der Waals surface area contributed by atoms with Gasteiger partial charge in [-0.3, -0.25) is 4.79 Å². The SMILES string of the molecule is CN(C)c1cccc(C(=O)N2C3CCC2CC3)c1. The predicted molar refractivity (Wildman–Crippen MR) is 73.0 cm³/mol. The molecule has 0 atom stereocenters. The third-order valence-corrected chi connectivity index (χ3v) is 4.30. The highest BCUT2D eigenvalue weighted by atomic mass is 16.2. The minimum Gasteiger partial charge on any atom is -0.378 e. The number of hydrogen-bond acceptors (Lipinski definition) is 2. The number of nitrogens with zero attached hydrogens (tertiary/aromatic N) is 2. The molecule has 96 valence electrons. The van der Waals surface area contributed by atoms with Crippen LogP contribution in [0.4, 0.5) is 5.69 Å². The van der Waals surface area contributed by atoms with Crippen LogP contribution >= 0.6 is 0 Å². The molecule has 1 amide bonds. The minimum atomic E-state index is 0.226. The lowest BCUT2D eigenvalue weighted by Gasteiger charge is -2.23. The Morgan fingerprint density at radius 3 is 2.33 bits per heavy atom. The van der Waals surface area contributed by atoms with Crippen LogP contribution in [0.2, 0.25) is 0 Å². The van der Waals surface area contributed by atoms with E-state index in [1.807, 2.05) is 43.3 Å². The van der Waals surface area contributed by atoms with E-state index in [4.69, 9.17) is 0 Å². The highest BCUT2D eigenvalue weighted by Gasteiger charge is 2.42. The summed E-state index contributed by atoms with van der Waals surface area (Å²) in [6.45, 7) is 0. The summed E-state index contributed by atoms with van der Waals surface area (Å²) in [5.74, 6) is 0.226. The molecule has 0 aliphatic carbocycles. The van der Waals surface area contributed by atoms with E-state index in [1.54, 1.807) is 0 Å². The van der Waals surface area contributed by atoms with Gasteiger partial charge in [-0.05, 0) is 43.9 Å². The zero-order valence-corrected chi connectivity index (χ0v) is 11.1. The molecule has 0 unspecified atom stereocenters. The summed E-state index contributed by atoms with van der Waals surface area (Å²) in [4.78, 5) is 16.8. The van der Waals surface area contributed by atoms with Crippen molar-refractivity contribution in [2.75, 3.05) is 19.0 Å². The van der Waals surface area contributed by atoms with Gasteiger partial charge in [0.15, 0.2) is 0 Å². The lowest BCUT2D eigenvalue weighted by Crippen LogP contribution is -2.35. The number of benzene rings is 1. The van der Waals surface area contributed by atoms with Crippen LogP contribution in [0.5, 0.6) is 0 Å². The summed E-state index contributed by atoms with van der Waals surface area (Å²) in [6, 6.07) is 8.96. The first-order valence-electron chi connectivity index (χ1n) is 6.77. The van der Waals surface area contributed by atoms with E-state index in [2.05, 4.69) is 4.90 Å². The maximum atomic E-state index is 12.6. The summed E-state index contributed by atoms with van der Waals surface area (Å²) in [5, 5.41) is 0. The second-order valence-electron chi connectivity index (χ2n) is 5.62. The fourth-order valence-corrected chi connectivity index (χ4v) is 3.31. The molecule has 2 aliphatic rings. The maximum absolute atomic E-state index is 12.6. The number of carbonyl (C=O) groups excluding carboxylic acids is 1. The Hall–Kier alpha value is -1.51. The highest BCUT2D eigenvalue weighted by molar-refractivity contribution is 5.96. The second-order valence-corrected chi connectivity index (χ2v) is 5.62. The van der Waals surface area contributed by atoms with Gasteiger partial charge in [0.05, 0.1) is 0 Å². The number of amides is 1. The molecule has 18 heavy (non-hydrogen) atoms. The summed E-state index contributed by atoms with van der Waals surface area (Å²) in [7, 11) is 4.01. The van der Waals surface area contributed by atoms with E-state index in [9.17, 15) is 4.79 Å². The third kappa shape index (κ3) is 1.78. The molecule has 2 heterocycles. The van der Waals surface area contributed by atoms with Crippen LogP contribution in [0.1, 0.15) is 36.0 Å². The van der Waals surface area contributed by atoms with Crippen molar-refractivity contribution in [3.8, 4) is 0 Å². The molecule has 2 fully saturated rings. The van der Waals surface area contributed by atoms with Gasteiger partial charge < -0.3 is 9.80 Å². The van der Waals surface area contributed by atoms with Gasteiger partial charge in [-0.1, -0.05) is 6.07 Å². The highest BCUT2D eigenvalue weighted by Crippen LogP contribution is 2.38. The molecule has 0 radical (unpaired) electrons. The molecule has 0 saturated carbocycles. The predicted octanol–water partition coefficient (Wildman–Crippen LogP) is 2.52. The molecule has 2 bridgehead atoms. The Bertz CT molecular complexity index is 449. The summed E-state index contributed by atoms with van der Waals surface area (Å²) >= 11 is 0. The molecule has 2 saturated heterocycles. The molecule has 1 aromatic rings. The van der Waals surface area contributed by atoms with Crippen LogP contribution in [0.25, 0.3) is 0 Å². The van der Waals surface area contributed by atoms with Gasteiger partial charge in [0.25, 0.3) is 5.91 Å². The Labute approximate surface area is 108 Å². The molecule has 3 nitrogen and oxygen atoms in total. The Kier molecular flexibility index (Phi) is 2.77. The Morgan fingerprint density at radius 2 is 1.78 bits per heavy atom. The van der Waals surface area contributed by atoms with E-state index >= 15 is 0 Å². The van der Waals surface area contributed by atoms with Gasteiger partial charge in [-0.2, -0.15) is 0 Å². The standard InChI is InChI=1S/C15H20N2O/c1-16(2)14-5-3-4-11(10-14)15(18)17-12-6-7-13(17)9-8-12/h3-5,10,12-13H,6-9H2,1-2H3. The van der Waals surface area contributed by atoms with Gasteiger partial charge in [0, 0.05) is 37.4 Å². The number of anilines is 1. The third-order valence-electron chi connectivity index (χ3n) is 4.30. The molecule has 0 N–H and O–H groups in total. The van der Waals surface area contributed by atoms with Gasteiger partial charge in [0.2, 0.25) is 0 Å². The topological polar surface area (TPSA) is 23.6 Å². The number of carbonyl (C=O) groups is 1. The molecule has 0 spiro atoms. The van der Waals surface area contributed by atoms with Gasteiger partial charge in [-0.25, -0.2) is 0 Å². The minimum absolute atomic E-state index is 0.226. The molecule has 1 aromatic carbocycles. The zero-order valence-electron chi connectivity index (χ0n) is 11.1. The number of rotatable bonds is 2. The zero-order chi connectivity index (χ0) is 12.7. The first-order chi connectivity index (χ1) is 8.66. The number of hydrogen-bond donors (Lipinski definition) is 0. The maximum Gasteiger partial charge on any atom is 0.254 e. The van der Waals surface area contributed by atoms with Gasteiger partial charge >= 0.3 is 0 Å². The van der Waals surface area contributed by atoms with Crippen LogP contribution in [-0.4, -0.2) is 37.0 Å². The number of fused-ring (bicyclic) bond motifs is 2. The molecule has 0 aromatic heterocycles. The largest absolute Gasteiger partial charge is 0.378 e. The van der Waals surface area contributed by atoms with Gasteiger partial charge in [-0.15, -0.1) is 0 Å². The lowest BCUT2D eigenvalue weighted by molar-refractivity contribution is 0.0730. The van der Waals surface area contributed by atoms with E-state index < -0.39 is 0 Å². The Balaban J connectivity index is 1.86. The average molecular weight is 244 g/mol. The molecule has 2 aliphatic heterocycles. The van der Waals surface area contributed by atoms with E-state index in [-0.39, 0.29) is 5.91 Å². The first-order valence-corrected chi connectivity index (χ1v) is 6.77. The fraction of sp³-hybridized carbons (Fsp3) is 0.533. The monoisotopic (exact) mass is 244 g/mol. The van der Waals surface area contributed by atoms with Crippen molar-refractivity contribution >= 4 is 11.6 Å². The summed E-state index contributed by atoms with van der Waals surface area (Å²) < 4.78 is 0. The lowest BCUT2D eigenvalue weighted by atomic mass is 10.0. The van der Waals surface area contributed by atoms with E-state index in [1.165, 1.54) is 25.7 Å². The first kappa shape index (κ1) is 11.6. The summed E-state index contributed by atoms with van der Waals surface area (Å²) in [6.07, 6.45) is 4.79. The van der Waals surface area contributed by atoms with Crippen LogP contribution < -0.4 is 4.90 Å². The second kappa shape index (κ2) is 4.30. The normalized spacial score (nSPS) is 25.6. The van der Waals surface area contributed by atoms with Gasteiger partial charge in [0.1, 0.15) is 0 Å². The van der Waals surface area contributed by atoms with Crippen molar-refractivity contribution < 1.29 is 4.79 Å². The van der Waals surface area contributed by atoms with Crippen molar-refractivity contribution in [2.45, 2.75) is 37.8 Å². The van der Waals surface area contributed by atoms with Crippen LogP contribution in [0, 0.1) is 0 Å². The Morgan fingerprint density at radius 1 is 1.17 bits per heavy atom.